The summed E-state index contributed by atoms with van der Waals surface area (Å²) in [7, 11) is 0. The Balaban J connectivity index is 1.27. The Morgan fingerprint density at radius 1 is 1.07 bits per heavy atom. The molecule has 5 aromatic rings. The van der Waals surface area contributed by atoms with E-state index in [1.54, 1.807) is 12.1 Å². The summed E-state index contributed by atoms with van der Waals surface area (Å²) in [4.78, 5) is 11.6. The van der Waals surface area contributed by atoms with Gasteiger partial charge in [-0.2, -0.15) is 0 Å². The highest BCUT2D eigenvalue weighted by molar-refractivity contribution is 7.20. The number of aromatic carboxylic acids is 1. The molecule has 0 saturated heterocycles. The lowest BCUT2D eigenvalue weighted by Crippen LogP contribution is -2.17. The number of ether oxygens (including phenoxy) is 2. The molecule has 1 saturated carbocycles. The van der Waals surface area contributed by atoms with E-state index in [1.807, 2.05) is 43.3 Å². The van der Waals surface area contributed by atoms with Crippen molar-refractivity contribution in [1.29, 1.82) is 0 Å². The number of carbonyl (C=O) groups is 1. The van der Waals surface area contributed by atoms with Crippen molar-refractivity contribution in [2.75, 3.05) is 0 Å². The van der Waals surface area contributed by atoms with Gasteiger partial charge in [-0.1, -0.05) is 35.5 Å². The van der Waals surface area contributed by atoms with E-state index in [9.17, 15) is 23.1 Å². The molecule has 0 spiro atoms. The molecule has 2 aromatic heterocycles. The minimum atomic E-state index is -4.85. The van der Waals surface area contributed by atoms with E-state index in [2.05, 4.69) is 9.89 Å². The lowest BCUT2D eigenvalue weighted by Gasteiger charge is -2.14. The molecule has 40 heavy (non-hydrogen) atoms. The van der Waals surface area contributed by atoms with Gasteiger partial charge in [-0.05, 0) is 78.2 Å². The molecule has 6 nitrogen and oxygen atoms in total. The number of nitrogens with zero attached hydrogens (tertiary/aromatic N) is 1. The van der Waals surface area contributed by atoms with Gasteiger partial charge in [-0.3, -0.25) is 0 Å². The number of fused-ring (bicyclic) bond motifs is 1. The summed E-state index contributed by atoms with van der Waals surface area (Å²) < 4.78 is 56.0. The Labute approximate surface area is 230 Å². The smallest absolute Gasteiger partial charge is 0.489 e. The largest absolute Gasteiger partial charge is 0.573 e. The Kier molecular flexibility index (Phi) is 6.50. The summed E-state index contributed by atoms with van der Waals surface area (Å²) in [5, 5.41) is 14.3. The molecule has 0 atom stereocenters. The third-order valence-corrected chi connectivity index (χ3v) is 7.84. The van der Waals surface area contributed by atoms with Gasteiger partial charge < -0.3 is 19.1 Å². The highest BCUT2D eigenvalue weighted by Gasteiger charge is 2.35. The van der Waals surface area contributed by atoms with E-state index in [0.29, 0.717) is 22.0 Å². The summed E-state index contributed by atoms with van der Waals surface area (Å²) in [5.74, 6) is 0.0619. The minimum Gasteiger partial charge on any atom is -0.489 e. The van der Waals surface area contributed by atoms with Gasteiger partial charge in [0.2, 0.25) is 0 Å². The molecule has 1 N–H and O–H groups in total. The van der Waals surface area contributed by atoms with Crippen molar-refractivity contribution in [2.24, 2.45) is 0 Å². The summed E-state index contributed by atoms with van der Waals surface area (Å²) in [6.45, 7) is 2.01. The number of halogens is 3. The Hall–Kier alpha value is -4.31. The molecule has 3 aromatic carbocycles. The minimum absolute atomic E-state index is 0.0585. The zero-order valence-electron chi connectivity index (χ0n) is 21.1. The Morgan fingerprint density at radius 3 is 2.60 bits per heavy atom. The maximum absolute atomic E-state index is 13.0. The number of para-hydroxylation sites is 1. The van der Waals surface area contributed by atoms with E-state index >= 15 is 0 Å². The topological polar surface area (TPSA) is 81.8 Å². The fraction of sp³-hybridized carbons (Fsp3) is 0.200. The van der Waals surface area contributed by atoms with E-state index in [-0.39, 0.29) is 29.5 Å². The van der Waals surface area contributed by atoms with E-state index in [1.165, 1.54) is 29.5 Å². The average molecular weight is 566 g/mol. The van der Waals surface area contributed by atoms with Crippen molar-refractivity contribution in [2.45, 2.75) is 38.7 Å². The van der Waals surface area contributed by atoms with Crippen LogP contribution in [0.3, 0.4) is 0 Å². The summed E-state index contributed by atoms with van der Waals surface area (Å²) in [5.41, 5.74) is 3.91. The third kappa shape index (κ3) is 5.27. The molecular formula is C30H22F3NO5S. The van der Waals surface area contributed by atoms with Crippen LogP contribution >= 0.6 is 11.3 Å². The van der Waals surface area contributed by atoms with Crippen LogP contribution in [0.25, 0.3) is 32.5 Å². The van der Waals surface area contributed by atoms with Crippen LogP contribution in [0.5, 0.6) is 11.5 Å². The SMILES string of the molecule is Cc1cc(OCc2c(-c3ccccc3OC(F)(F)F)noc2C2CC2)ccc1-c1ccc2cc(C(=O)O)sc2c1. The zero-order valence-corrected chi connectivity index (χ0v) is 21.9. The van der Waals surface area contributed by atoms with E-state index in [4.69, 9.17) is 9.26 Å². The molecule has 1 aliphatic rings. The fourth-order valence-electron chi connectivity index (χ4n) is 4.72. The molecule has 1 fully saturated rings. The van der Waals surface area contributed by atoms with Crippen LogP contribution in [0.2, 0.25) is 0 Å². The number of aryl methyl sites for hydroxylation is 1. The predicted molar refractivity (Wildman–Crippen MR) is 144 cm³/mol. The molecule has 0 radical (unpaired) electrons. The second-order valence-corrected chi connectivity index (χ2v) is 10.7. The predicted octanol–water partition coefficient (Wildman–Crippen LogP) is 8.58. The average Bonchev–Trinajstić information content (AvgIpc) is 3.51. The monoisotopic (exact) mass is 565 g/mol. The second-order valence-electron chi connectivity index (χ2n) is 9.63. The number of alkyl halides is 3. The number of carboxylic acids is 1. The maximum atomic E-state index is 13.0. The van der Waals surface area contributed by atoms with Crippen LogP contribution in [-0.2, 0) is 6.61 Å². The second kappa shape index (κ2) is 10.0. The first-order valence-corrected chi connectivity index (χ1v) is 13.3. The third-order valence-electron chi connectivity index (χ3n) is 6.76. The molecule has 204 valence electrons. The molecule has 6 rings (SSSR count). The number of hydrogen-bond acceptors (Lipinski definition) is 6. The van der Waals surface area contributed by atoms with Gasteiger partial charge in [0.05, 0.1) is 5.56 Å². The Morgan fingerprint density at radius 2 is 1.88 bits per heavy atom. The van der Waals surface area contributed by atoms with Crippen molar-refractivity contribution < 1.29 is 37.1 Å². The van der Waals surface area contributed by atoms with Crippen molar-refractivity contribution >= 4 is 27.4 Å². The lowest BCUT2D eigenvalue weighted by molar-refractivity contribution is -0.274. The molecule has 0 bridgehead atoms. The highest BCUT2D eigenvalue weighted by atomic mass is 32.1. The number of hydrogen-bond donors (Lipinski definition) is 1. The molecule has 0 amide bonds. The Bertz CT molecular complexity index is 1740. The molecule has 2 heterocycles. The number of aromatic nitrogens is 1. The zero-order chi connectivity index (χ0) is 28.0. The lowest BCUT2D eigenvalue weighted by atomic mass is 9.99. The van der Waals surface area contributed by atoms with Gasteiger partial charge in [-0.25, -0.2) is 4.79 Å². The number of benzene rings is 3. The van der Waals surface area contributed by atoms with Crippen LogP contribution in [0, 0.1) is 6.92 Å². The fourth-order valence-corrected chi connectivity index (χ4v) is 5.67. The normalized spacial score (nSPS) is 13.5. The van der Waals surface area contributed by atoms with Gasteiger partial charge in [0, 0.05) is 16.2 Å². The summed E-state index contributed by atoms with van der Waals surface area (Å²) >= 11 is 1.23. The van der Waals surface area contributed by atoms with Crippen molar-refractivity contribution in [3.8, 4) is 33.9 Å². The first-order chi connectivity index (χ1) is 19.2. The number of thiophene rings is 1. The first-order valence-electron chi connectivity index (χ1n) is 12.5. The van der Waals surface area contributed by atoms with Crippen LogP contribution in [0.4, 0.5) is 13.2 Å². The van der Waals surface area contributed by atoms with Gasteiger partial charge in [0.1, 0.15) is 34.4 Å². The first kappa shape index (κ1) is 25.9. The van der Waals surface area contributed by atoms with Crippen molar-refractivity contribution in [3.05, 3.63) is 88.5 Å². The molecule has 0 aliphatic heterocycles. The number of rotatable bonds is 8. The van der Waals surface area contributed by atoms with Crippen LogP contribution in [-0.4, -0.2) is 22.6 Å². The van der Waals surface area contributed by atoms with Crippen LogP contribution in [0.15, 0.2) is 71.3 Å². The molecule has 0 unspecified atom stereocenters. The quantitative estimate of drug-likeness (QED) is 0.203. The molecular weight excluding hydrogens is 543 g/mol. The van der Waals surface area contributed by atoms with Gasteiger partial charge in [-0.15, -0.1) is 24.5 Å². The van der Waals surface area contributed by atoms with E-state index in [0.717, 1.165) is 39.6 Å². The highest BCUT2D eigenvalue weighted by Crippen LogP contribution is 2.46. The molecule has 10 heteroatoms. The molecule has 1 aliphatic carbocycles. The van der Waals surface area contributed by atoms with Crippen molar-refractivity contribution in [3.63, 3.8) is 0 Å². The standard InChI is InChI=1S/C30H22F3NO5S/c1-16-12-20(10-11-21(16)18-8-9-19-14-26(29(35)36)40-25(19)13-18)37-15-23-27(34-39-28(23)17-6-7-17)22-4-2-3-5-24(22)38-30(31,32)33/h2-5,8-14,17H,6-7,15H2,1H3,(H,35,36). The van der Waals surface area contributed by atoms with Crippen molar-refractivity contribution in [1.82, 2.24) is 5.16 Å². The summed E-state index contributed by atoms with van der Waals surface area (Å²) in [6, 6.07) is 19.0. The van der Waals surface area contributed by atoms with Crippen LogP contribution < -0.4 is 9.47 Å². The maximum Gasteiger partial charge on any atom is 0.573 e. The van der Waals surface area contributed by atoms with Gasteiger partial charge in [0.25, 0.3) is 0 Å². The van der Waals surface area contributed by atoms with Crippen LogP contribution in [0.1, 0.15) is 45.3 Å². The van der Waals surface area contributed by atoms with Gasteiger partial charge in [0.15, 0.2) is 0 Å². The number of carboxylic acid groups (broad SMARTS) is 1. The van der Waals surface area contributed by atoms with Gasteiger partial charge >= 0.3 is 12.3 Å². The van der Waals surface area contributed by atoms with E-state index < -0.39 is 12.3 Å². The summed E-state index contributed by atoms with van der Waals surface area (Å²) in [6.07, 6.45) is -3.01.